The van der Waals surface area contributed by atoms with Gasteiger partial charge in [-0.15, -0.1) is 0 Å². The molecule has 0 saturated carbocycles. The minimum Gasteiger partial charge on any atom is -0.497 e. The van der Waals surface area contributed by atoms with Crippen LogP contribution in [0.1, 0.15) is 37.3 Å². The lowest BCUT2D eigenvalue weighted by molar-refractivity contribution is 0.314. The van der Waals surface area contributed by atoms with E-state index in [1.54, 1.807) is 7.11 Å². The second-order valence-corrected chi connectivity index (χ2v) is 9.06. The molecule has 2 aromatic carbocycles. The average Bonchev–Trinajstić information content (AvgIpc) is 3.45. The van der Waals surface area contributed by atoms with E-state index >= 15 is 0 Å². The van der Waals surface area contributed by atoms with Crippen LogP contribution in [0.4, 0.5) is 0 Å². The van der Waals surface area contributed by atoms with Gasteiger partial charge in [-0.25, -0.2) is 9.97 Å². The van der Waals surface area contributed by atoms with Crippen LogP contribution < -0.4 is 4.74 Å². The first-order valence-corrected chi connectivity index (χ1v) is 12.0. The number of rotatable bonds is 8. The molecule has 2 aromatic heterocycles. The summed E-state index contributed by atoms with van der Waals surface area (Å²) in [6, 6.07) is 20.8. The van der Waals surface area contributed by atoms with Gasteiger partial charge in [-0.3, -0.25) is 4.90 Å². The monoisotopic (exact) mass is 440 g/mol. The van der Waals surface area contributed by atoms with Crippen molar-refractivity contribution >= 4 is 11.2 Å². The van der Waals surface area contributed by atoms with Crippen LogP contribution in [0.15, 0.2) is 66.9 Å². The highest BCUT2D eigenvalue weighted by Gasteiger charge is 2.23. The van der Waals surface area contributed by atoms with Crippen molar-refractivity contribution in [2.24, 2.45) is 5.92 Å². The lowest BCUT2D eigenvalue weighted by Crippen LogP contribution is -2.20. The van der Waals surface area contributed by atoms with Gasteiger partial charge in [0.05, 0.1) is 13.7 Å². The van der Waals surface area contributed by atoms with Gasteiger partial charge in [0.15, 0.2) is 5.65 Å². The molecule has 1 aliphatic rings. The molecule has 0 radical (unpaired) electrons. The van der Waals surface area contributed by atoms with E-state index in [2.05, 4.69) is 58.9 Å². The molecular formula is C28H32N4O. The van der Waals surface area contributed by atoms with Crippen molar-refractivity contribution < 1.29 is 4.74 Å². The number of benzene rings is 2. The fraction of sp³-hybridized carbons (Fsp3) is 0.357. The van der Waals surface area contributed by atoms with Gasteiger partial charge >= 0.3 is 0 Å². The molecule has 4 aromatic rings. The minimum atomic E-state index is 0.712. The number of pyridine rings is 1. The highest BCUT2D eigenvalue weighted by atomic mass is 16.5. The van der Waals surface area contributed by atoms with E-state index in [0.717, 1.165) is 40.8 Å². The van der Waals surface area contributed by atoms with Gasteiger partial charge in [-0.1, -0.05) is 55.8 Å². The fourth-order valence-corrected chi connectivity index (χ4v) is 5.01. The Balaban J connectivity index is 1.52. The van der Waals surface area contributed by atoms with Crippen LogP contribution in [0.3, 0.4) is 0 Å². The predicted octanol–water partition coefficient (Wildman–Crippen LogP) is 5.78. The molecule has 3 heterocycles. The summed E-state index contributed by atoms with van der Waals surface area (Å²) in [7, 11) is 1.70. The summed E-state index contributed by atoms with van der Waals surface area (Å²) in [6.07, 6.45) is 5.85. The minimum absolute atomic E-state index is 0.712. The normalized spacial score (nSPS) is 16.5. The topological polar surface area (TPSA) is 43.2 Å². The SMILES string of the molecule is CCCC1CCN(Cc2ccnc3c2nc(-c2ccccc2)n3Cc2ccc(OC)cc2)C1. The lowest BCUT2D eigenvalue weighted by Gasteiger charge is -2.16. The molecule has 170 valence electrons. The van der Waals surface area contributed by atoms with Crippen molar-refractivity contribution in [1.29, 1.82) is 0 Å². The van der Waals surface area contributed by atoms with E-state index in [-0.39, 0.29) is 0 Å². The number of ether oxygens (including phenoxy) is 1. The number of fused-ring (bicyclic) bond motifs is 1. The summed E-state index contributed by atoms with van der Waals surface area (Å²) in [6.45, 7) is 6.30. The van der Waals surface area contributed by atoms with Crippen LogP contribution in [0, 0.1) is 5.92 Å². The van der Waals surface area contributed by atoms with Crippen molar-refractivity contribution in [3.05, 3.63) is 78.0 Å². The maximum Gasteiger partial charge on any atom is 0.160 e. The second kappa shape index (κ2) is 9.75. The first-order chi connectivity index (χ1) is 16.2. The Bertz CT molecular complexity index is 1200. The third-order valence-corrected chi connectivity index (χ3v) is 6.71. The molecule has 0 spiro atoms. The molecule has 5 heteroatoms. The Morgan fingerprint density at radius 2 is 1.82 bits per heavy atom. The van der Waals surface area contributed by atoms with Gasteiger partial charge < -0.3 is 9.30 Å². The van der Waals surface area contributed by atoms with Crippen molar-refractivity contribution in [3.8, 4) is 17.1 Å². The fourth-order valence-electron chi connectivity index (χ4n) is 5.01. The van der Waals surface area contributed by atoms with Crippen LogP contribution in [-0.4, -0.2) is 39.6 Å². The molecule has 1 fully saturated rings. The van der Waals surface area contributed by atoms with Gasteiger partial charge in [-0.05, 0) is 54.6 Å². The van der Waals surface area contributed by atoms with Crippen LogP contribution >= 0.6 is 0 Å². The quantitative estimate of drug-likeness (QED) is 0.348. The van der Waals surface area contributed by atoms with Crippen LogP contribution in [0.2, 0.25) is 0 Å². The largest absolute Gasteiger partial charge is 0.497 e. The molecule has 1 atom stereocenters. The van der Waals surface area contributed by atoms with Crippen molar-refractivity contribution in [2.45, 2.75) is 39.3 Å². The smallest absolute Gasteiger partial charge is 0.160 e. The van der Waals surface area contributed by atoms with Crippen LogP contribution in [0.25, 0.3) is 22.6 Å². The highest BCUT2D eigenvalue weighted by Crippen LogP contribution is 2.29. The van der Waals surface area contributed by atoms with E-state index in [1.165, 1.54) is 43.5 Å². The van der Waals surface area contributed by atoms with Crippen LogP contribution in [-0.2, 0) is 13.1 Å². The lowest BCUT2D eigenvalue weighted by atomic mass is 10.0. The van der Waals surface area contributed by atoms with Crippen LogP contribution in [0.5, 0.6) is 5.75 Å². The standard InChI is InChI=1S/C28H32N4O/c1-3-7-21-15-17-31(18-21)20-24-14-16-29-28-26(24)30-27(23-8-5-4-6-9-23)32(28)19-22-10-12-25(33-2)13-11-22/h4-6,8-14,16,21H,3,7,15,17-20H2,1-2H3. The van der Waals surface area contributed by atoms with E-state index in [9.17, 15) is 0 Å². The summed E-state index contributed by atoms with van der Waals surface area (Å²) in [4.78, 5) is 12.5. The number of aromatic nitrogens is 3. The Kier molecular flexibility index (Phi) is 6.40. The summed E-state index contributed by atoms with van der Waals surface area (Å²) in [5, 5.41) is 0. The zero-order valence-corrected chi connectivity index (χ0v) is 19.6. The van der Waals surface area contributed by atoms with E-state index in [0.29, 0.717) is 6.54 Å². The van der Waals surface area contributed by atoms with E-state index in [1.807, 2.05) is 24.4 Å². The van der Waals surface area contributed by atoms with Gasteiger partial charge in [0.25, 0.3) is 0 Å². The molecule has 1 saturated heterocycles. The second-order valence-electron chi connectivity index (χ2n) is 9.06. The zero-order chi connectivity index (χ0) is 22.6. The maximum atomic E-state index is 5.33. The predicted molar refractivity (Wildman–Crippen MR) is 133 cm³/mol. The highest BCUT2D eigenvalue weighted by molar-refractivity contribution is 5.80. The number of imidazole rings is 1. The average molecular weight is 441 g/mol. The molecule has 0 aliphatic carbocycles. The Labute approximate surface area is 196 Å². The van der Waals surface area contributed by atoms with Gasteiger partial charge in [0.1, 0.15) is 17.1 Å². The summed E-state index contributed by atoms with van der Waals surface area (Å²) < 4.78 is 7.58. The van der Waals surface area contributed by atoms with Crippen molar-refractivity contribution in [3.63, 3.8) is 0 Å². The first kappa shape index (κ1) is 21.7. The molecule has 1 unspecified atom stereocenters. The molecule has 0 N–H and O–H groups in total. The summed E-state index contributed by atoms with van der Waals surface area (Å²) in [5.41, 5.74) is 5.54. The van der Waals surface area contributed by atoms with Gasteiger partial charge in [-0.2, -0.15) is 0 Å². The van der Waals surface area contributed by atoms with E-state index in [4.69, 9.17) is 14.7 Å². The Morgan fingerprint density at radius 3 is 2.58 bits per heavy atom. The number of hydrogen-bond donors (Lipinski definition) is 0. The number of likely N-dealkylation sites (tertiary alicyclic amines) is 1. The third-order valence-electron chi connectivity index (χ3n) is 6.71. The van der Waals surface area contributed by atoms with Gasteiger partial charge in [0.2, 0.25) is 0 Å². The maximum absolute atomic E-state index is 5.33. The molecule has 33 heavy (non-hydrogen) atoms. The van der Waals surface area contributed by atoms with Crippen molar-refractivity contribution in [2.75, 3.05) is 20.2 Å². The molecular weight excluding hydrogens is 408 g/mol. The van der Waals surface area contributed by atoms with E-state index < -0.39 is 0 Å². The number of hydrogen-bond acceptors (Lipinski definition) is 4. The summed E-state index contributed by atoms with van der Waals surface area (Å²) >= 11 is 0. The van der Waals surface area contributed by atoms with Crippen molar-refractivity contribution in [1.82, 2.24) is 19.4 Å². The molecule has 0 bridgehead atoms. The molecule has 5 nitrogen and oxygen atoms in total. The molecule has 0 amide bonds. The molecule has 5 rings (SSSR count). The molecule has 1 aliphatic heterocycles. The Morgan fingerprint density at radius 1 is 1.00 bits per heavy atom. The Hall–Kier alpha value is -3.18. The zero-order valence-electron chi connectivity index (χ0n) is 19.6. The first-order valence-electron chi connectivity index (χ1n) is 12.0. The number of nitrogens with zero attached hydrogens (tertiary/aromatic N) is 4. The van der Waals surface area contributed by atoms with Gasteiger partial charge in [0, 0.05) is 24.8 Å². The summed E-state index contributed by atoms with van der Waals surface area (Å²) in [5.74, 6) is 2.66. The number of methoxy groups -OCH3 is 1. The third kappa shape index (κ3) is 4.64.